The standard InChI is InChI=1S/C50H65N3O10/c1-4-25-53(49(57)59-30-29-58-35-37-19-11-8-12-20-37)45-33-43(52-61-6-3)41-31-38(21-13-15-26-54)40(22-14-16-27-55)46-42-32-39(62-48(56)51-34-36-17-9-7-10-18-36)23-24-44(42)63-50(45,47(41)46)60-28-5-2/h5,7-12,17-20,23-24,31-32,38,40,45-47,54-55H,2,4,6,13-16,21-22,25-30,33-35H2,1,3H3,(H,51,56). The molecule has 3 aromatic rings. The number of carbonyl (C=O) groups is 2. The molecule has 0 saturated heterocycles. The Bertz CT molecular complexity index is 1980. The van der Waals surface area contributed by atoms with E-state index in [1.807, 2.05) is 86.6 Å². The maximum Gasteiger partial charge on any atom is 0.412 e. The molecule has 1 fully saturated rings. The van der Waals surface area contributed by atoms with Crippen molar-refractivity contribution in [3.05, 3.63) is 120 Å². The van der Waals surface area contributed by atoms with Crippen LogP contribution in [0.1, 0.15) is 87.8 Å². The van der Waals surface area contributed by atoms with Gasteiger partial charge in [0.2, 0.25) is 5.79 Å². The topological polar surface area (TPSA) is 158 Å². The van der Waals surface area contributed by atoms with Gasteiger partial charge in [-0.25, -0.2) is 9.59 Å². The molecule has 63 heavy (non-hydrogen) atoms. The van der Waals surface area contributed by atoms with Gasteiger partial charge in [0.1, 0.15) is 30.8 Å². The van der Waals surface area contributed by atoms with Crippen molar-refractivity contribution in [2.45, 2.75) is 96.1 Å². The lowest BCUT2D eigenvalue weighted by Gasteiger charge is -2.59. The summed E-state index contributed by atoms with van der Waals surface area (Å²) in [5.74, 6) is -1.29. The molecule has 0 bridgehead atoms. The lowest BCUT2D eigenvalue weighted by atomic mass is 9.55. The van der Waals surface area contributed by atoms with Gasteiger partial charge in [-0.15, -0.1) is 6.58 Å². The fraction of sp³-hybridized carbons (Fsp3) is 0.500. The Morgan fingerprint density at radius 2 is 1.68 bits per heavy atom. The van der Waals surface area contributed by atoms with E-state index in [0.29, 0.717) is 62.8 Å². The monoisotopic (exact) mass is 867 g/mol. The van der Waals surface area contributed by atoms with Crippen LogP contribution in [0.25, 0.3) is 0 Å². The number of allylic oxidation sites excluding steroid dienone is 1. The molecule has 13 heteroatoms. The molecular weight excluding hydrogens is 803 g/mol. The molecule has 0 radical (unpaired) electrons. The maximum absolute atomic E-state index is 14.4. The van der Waals surface area contributed by atoms with Crippen LogP contribution in [0.2, 0.25) is 0 Å². The molecule has 1 aliphatic heterocycles. The first kappa shape index (κ1) is 47.3. The second kappa shape index (κ2) is 24.0. The Kier molecular flexibility index (Phi) is 18.0. The third-order valence-electron chi connectivity index (χ3n) is 12.1. The molecule has 2 amide bonds. The first-order valence-corrected chi connectivity index (χ1v) is 22.6. The van der Waals surface area contributed by atoms with E-state index < -0.39 is 29.9 Å². The minimum Gasteiger partial charge on any atom is -0.459 e. The Balaban J connectivity index is 1.42. The summed E-state index contributed by atoms with van der Waals surface area (Å²) in [6.07, 6.45) is 8.17. The largest absolute Gasteiger partial charge is 0.459 e. The number of unbranched alkanes of at least 4 members (excludes halogenated alkanes) is 2. The summed E-state index contributed by atoms with van der Waals surface area (Å²) in [6.45, 7) is 9.83. The van der Waals surface area contributed by atoms with E-state index in [9.17, 15) is 19.8 Å². The molecule has 2 aliphatic carbocycles. The van der Waals surface area contributed by atoms with Crippen LogP contribution in [0, 0.1) is 17.8 Å². The fourth-order valence-corrected chi connectivity index (χ4v) is 9.42. The molecule has 1 heterocycles. The van der Waals surface area contributed by atoms with Crippen LogP contribution < -0.4 is 14.8 Å². The quantitative estimate of drug-likeness (QED) is 0.0452. The summed E-state index contributed by atoms with van der Waals surface area (Å²) in [5.41, 5.74) is 4.41. The highest BCUT2D eigenvalue weighted by Crippen LogP contribution is 2.62. The Morgan fingerprint density at radius 1 is 0.952 bits per heavy atom. The van der Waals surface area contributed by atoms with Crippen molar-refractivity contribution in [1.29, 1.82) is 0 Å². The summed E-state index contributed by atoms with van der Waals surface area (Å²) in [5, 5.41) is 27.4. The number of nitrogens with zero attached hydrogens (tertiary/aromatic N) is 2. The highest BCUT2D eigenvalue weighted by atomic mass is 16.7. The number of rotatable bonds is 24. The number of nitrogens with one attached hydrogen (secondary N) is 1. The molecular formula is C50H65N3O10. The van der Waals surface area contributed by atoms with Gasteiger partial charge in [-0.1, -0.05) is 97.7 Å². The first-order chi connectivity index (χ1) is 30.9. The molecule has 3 aliphatic rings. The Morgan fingerprint density at radius 3 is 2.38 bits per heavy atom. The predicted molar refractivity (Wildman–Crippen MR) is 240 cm³/mol. The smallest absolute Gasteiger partial charge is 0.412 e. The molecule has 340 valence electrons. The summed E-state index contributed by atoms with van der Waals surface area (Å²) in [4.78, 5) is 35.2. The summed E-state index contributed by atoms with van der Waals surface area (Å²) < 4.78 is 32.0. The number of aliphatic hydroxyl groups excluding tert-OH is 2. The number of hydrogen-bond acceptors (Lipinski definition) is 11. The third kappa shape index (κ3) is 11.9. The lowest BCUT2D eigenvalue weighted by Crippen LogP contribution is -2.70. The number of fused-ring (bicyclic) bond motifs is 2. The van der Waals surface area contributed by atoms with E-state index in [-0.39, 0.29) is 57.2 Å². The van der Waals surface area contributed by atoms with Gasteiger partial charge in [0.15, 0.2) is 0 Å². The SMILES string of the molecule is C=CCOC12Oc3ccc(OC(=O)NCc4ccccc4)cc3C3C(CCCCO)C(CCCCO)C=C(C(=NOCC)CC1N(CCC)C(=O)OCCOCc1ccccc1)C32. The molecule has 0 spiro atoms. The number of benzene rings is 3. The van der Waals surface area contributed by atoms with Gasteiger partial charge < -0.3 is 44.1 Å². The lowest BCUT2D eigenvalue weighted by molar-refractivity contribution is -0.255. The molecule has 3 N–H and O–H groups in total. The van der Waals surface area contributed by atoms with E-state index in [1.165, 1.54) is 0 Å². The van der Waals surface area contributed by atoms with Gasteiger partial charge in [0.25, 0.3) is 0 Å². The van der Waals surface area contributed by atoms with Gasteiger partial charge in [-0.2, -0.15) is 0 Å². The van der Waals surface area contributed by atoms with Gasteiger partial charge in [0.05, 0.1) is 31.5 Å². The number of carbonyl (C=O) groups excluding carboxylic acids is 2. The zero-order valence-corrected chi connectivity index (χ0v) is 36.8. The van der Waals surface area contributed by atoms with Gasteiger partial charge >= 0.3 is 12.2 Å². The van der Waals surface area contributed by atoms with Crippen molar-refractivity contribution in [1.82, 2.24) is 10.2 Å². The highest BCUT2D eigenvalue weighted by molar-refractivity contribution is 6.03. The van der Waals surface area contributed by atoms with E-state index in [2.05, 4.69) is 18.0 Å². The van der Waals surface area contributed by atoms with Gasteiger partial charge in [-0.3, -0.25) is 4.90 Å². The predicted octanol–water partition coefficient (Wildman–Crippen LogP) is 8.69. The number of hydrogen-bond donors (Lipinski definition) is 3. The van der Waals surface area contributed by atoms with Crippen molar-refractivity contribution >= 4 is 17.9 Å². The summed E-state index contributed by atoms with van der Waals surface area (Å²) >= 11 is 0. The zero-order chi connectivity index (χ0) is 44.4. The molecule has 1 saturated carbocycles. The minimum absolute atomic E-state index is 0.000870. The van der Waals surface area contributed by atoms with Crippen LogP contribution in [0.15, 0.2) is 108 Å². The second-order valence-corrected chi connectivity index (χ2v) is 16.3. The van der Waals surface area contributed by atoms with E-state index in [4.69, 9.17) is 33.7 Å². The Hall–Kier alpha value is -5.21. The number of amides is 2. The molecule has 3 aromatic carbocycles. The number of aliphatic hydroxyl groups is 2. The fourth-order valence-electron chi connectivity index (χ4n) is 9.42. The van der Waals surface area contributed by atoms with E-state index >= 15 is 0 Å². The van der Waals surface area contributed by atoms with E-state index in [0.717, 1.165) is 47.9 Å². The highest BCUT2D eigenvalue weighted by Gasteiger charge is 2.65. The van der Waals surface area contributed by atoms with Crippen LogP contribution in [0.4, 0.5) is 9.59 Å². The first-order valence-electron chi connectivity index (χ1n) is 22.6. The average molecular weight is 868 g/mol. The third-order valence-corrected chi connectivity index (χ3v) is 12.1. The molecule has 6 unspecified atom stereocenters. The van der Waals surface area contributed by atoms with Crippen molar-refractivity contribution in [3.63, 3.8) is 0 Å². The van der Waals surface area contributed by atoms with Crippen molar-refractivity contribution in [2.75, 3.05) is 46.2 Å². The zero-order valence-electron chi connectivity index (χ0n) is 36.8. The van der Waals surface area contributed by atoms with Crippen molar-refractivity contribution in [3.8, 4) is 11.5 Å². The van der Waals surface area contributed by atoms with Crippen LogP contribution >= 0.6 is 0 Å². The van der Waals surface area contributed by atoms with Crippen LogP contribution in [0.3, 0.4) is 0 Å². The van der Waals surface area contributed by atoms with Crippen LogP contribution in [-0.4, -0.2) is 91.0 Å². The molecule has 6 rings (SSSR count). The number of oxime groups is 1. The van der Waals surface area contributed by atoms with E-state index in [1.54, 1.807) is 17.0 Å². The average Bonchev–Trinajstić information content (AvgIpc) is 3.30. The molecule has 6 atom stereocenters. The Labute approximate surface area is 372 Å². The van der Waals surface area contributed by atoms with Crippen molar-refractivity contribution < 1.29 is 48.3 Å². The van der Waals surface area contributed by atoms with Gasteiger partial charge in [0, 0.05) is 44.2 Å². The number of ether oxygens (including phenoxy) is 5. The maximum atomic E-state index is 14.4. The molecule has 13 nitrogen and oxygen atoms in total. The van der Waals surface area contributed by atoms with Gasteiger partial charge in [-0.05, 0) is 85.8 Å². The summed E-state index contributed by atoms with van der Waals surface area (Å²) in [6, 6.07) is 24.2. The normalized spacial score (nSPS) is 22.8. The summed E-state index contributed by atoms with van der Waals surface area (Å²) in [7, 11) is 0. The van der Waals surface area contributed by atoms with Crippen molar-refractivity contribution in [2.24, 2.45) is 22.9 Å². The van der Waals surface area contributed by atoms with Crippen LogP contribution in [0.5, 0.6) is 11.5 Å². The molecule has 0 aromatic heterocycles. The van der Waals surface area contributed by atoms with Crippen LogP contribution in [-0.2, 0) is 32.2 Å². The second-order valence-electron chi connectivity index (χ2n) is 16.3. The minimum atomic E-state index is -1.44.